The Morgan fingerprint density at radius 2 is 1.88 bits per heavy atom. The molecule has 136 valence electrons. The summed E-state index contributed by atoms with van der Waals surface area (Å²) in [5.41, 5.74) is 0.935. The van der Waals surface area contributed by atoms with Crippen molar-refractivity contribution in [3.8, 4) is 0 Å². The molecule has 1 aromatic rings. The van der Waals surface area contributed by atoms with E-state index >= 15 is 0 Å². The number of nitrogens with zero attached hydrogens (tertiary/aromatic N) is 2. The predicted octanol–water partition coefficient (Wildman–Crippen LogP) is 2.74. The highest BCUT2D eigenvalue weighted by atomic mass is 16.6. The van der Waals surface area contributed by atoms with Gasteiger partial charge in [-0.2, -0.15) is 0 Å². The fraction of sp³-hybridized carbons (Fsp3) is 0.526. The maximum atomic E-state index is 12.8. The van der Waals surface area contributed by atoms with Crippen LogP contribution in [0.2, 0.25) is 0 Å². The first-order chi connectivity index (χ1) is 11.6. The van der Waals surface area contributed by atoms with Gasteiger partial charge in [-0.15, -0.1) is 0 Å². The van der Waals surface area contributed by atoms with Crippen molar-refractivity contribution in [2.75, 3.05) is 13.1 Å². The molecular formula is C19H26N2O4. The van der Waals surface area contributed by atoms with Crippen molar-refractivity contribution < 1.29 is 19.1 Å². The Balaban J connectivity index is 2.15. The highest BCUT2D eigenvalue weighted by Crippen LogP contribution is 2.23. The Hall–Kier alpha value is -2.37. The molecule has 1 aliphatic rings. The molecule has 0 atom stereocenters. The van der Waals surface area contributed by atoms with Crippen molar-refractivity contribution in [1.82, 2.24) is 9.80 Å². The Morgan fingerprint density at radius 3 is 2.40 bits per heavy atom. The summed E-state index contributed by atoms with van der Waals surface area (Å²) in [6.45, 7) is 9.80. The van der Waals surface area contributed by atoms with Crippen molar-refractivity contribution in [1.29, 1.82) is 0 Å². The van der Waals surface area contributed by atoms with Gasteiger partial charge in [-0.3, -0.25) is 9.59 Å². The van der Waals surface area contributed by atoms with Crippen LogP contribution in [0.3, 0.4) is 0 Å². The lowest BCUT2D eigenvalue weighted by Crippen LogP contribution is -2.45. The third-order valence-electron chi connectivity index (χ3n) is 4.18. The van der Waals surface area contributed by atoms with Gasteiger partial charge in [-0.05, 0) is 37.8 Å². The van der Waals surface area contributed by atoms with Crippen LogP contribution in [0.4, 0.5) is 4.79 Å². The molecule has 25 heavy (non-hydrogen) atoms. The van der Waals surface area contributed by atoms with E-state index in [0.29, 0.717) is 13.1 Å². The number of hydrogen-bond acceptors (Lipinski definition) is 4. The minimum absolute atomic E-state index is 0.264. The molecule has 0 unspecified atom stereocenters. The summed E-state index contributed by atoms with van der Waals surface area (Å²) in [5.74, 6) is -0.475. The summed E-state index contributed by atoms with van der Waals surface area (Å²) in [5, 5.41) is 0. The summed E-state index contributed by atoms with van der Waals surface area (Å²) in [6.07, 6.45) is -0.760. The molecule has 1 heterocycles. The number of ether oxygens (including phenoxy) is 1. The standard InChI is InChI=1S/C19H26N2O4/c1-13(2)10-20(11-15-9-7-6-8-14(15)3)16(22)12-21-17(23)19(4,5)25-18(21)24/h6-9,13H,10-12H2,1-5H3. The smallest absolute Gasteiger partial charge is 0.418 e. The molecule has 0 bridgehead atoms. The molecule has 0 spiro atoms. The van der Waals surface area contributed by atoms with Crippen LogP contribution in [0, 0.1) is 12.8 Å². The minimum Gasteiger partial charge on any atom is -0.433 e. The van der Waals surface area contributed by atoms with Crippen LogP contribution in [0.5, 0.6) is 0 Å². The second-order valence-corrected chi connectivity index (χ2v) is 7.36. The zero-order valence-electron chi connectivity index (χ0n) is 15.5. The summed E-state index contributed by atoms with van der Waals surface area (Å²) in [4.78, 5) is 39.5. The van der Waals surface area contributed by atoms with Gasteiger partial charge >= 0.3 is 6.09 Å². The monoisotopic (exact) mass is 346 g/mol. The van der Waals surface area contributed by atoms with Gasteiger partial charge in [0.1, 0.15) is 6.54 Å². The second kappa shape index (κ2) is 7.25. The third kappa shape index (κ3) is 4.38. The molecule has 6 nitrogen and oxygen atoms in total. The van der Waals surface area contributed by atoms with Gasteiger partial charge in [-0.25, -0.2) is 9.69 Å². The van der Waals surface area contributed by atoms with E-state index in [2.05, 4.69) is 0 Å². The Kier molecular flexibility index (Phi) is 5.50. The van der Waals surface area contributed by atoms with E-state index in [9.17, 15) is 14.4 Å². The molecule has 1 fully saturated rings. The van der Waals surface area contributed by atoms with Crippen molar-refractivity contribution in [3.05, 3.63) is 35.4 Å². The van der Waals surface area contributed by atoms with Crippen molar-refractivity contribution in [2.45, 2.75) is 46.8 Å². The number of cyclic esters (lactones) is 1. The van der Waals surface area contributed by atoms with E-state index < -0.39 is 17.6 Å². The normalized spacial score (nSPS) is 16.3. The fourth-order valence-electron chi connectivity index (χ4n) is 2.78. The third-order valence-corrected chi connectivity index (χ3v) is 4.18. The van der Waals surface area contributed by atoms with Crippen LogP contribution in [0.1, 0.15) is 38.8 Å². The van der Waals surface area contributed by atoms with Crippen LogP contribution in [-0.2, 0) is 20.9 Å². The predicted molar refractivity (Wildman–Crippen MR) is 93.7 cm³/mol. The summed E-state index contributed by atoms with van der Waals surface area (Å²) in [6, 6.07) is 7.87. The molecule has 1 saturated heterocycles. The molecule has 3 amide bonds. The molecule has 0 radical (unpaired) electrons. The number of carbonyl (C=O) groups excluding carboxylic acids is 3. The Labute approximate surface area is 148 Å². The zero-order valence-corrected chi connectivity index (χ0v) is 15.5. The number of hydrogen-bond donors (Lipinski definition) is 0. The lowest BCUT2D eigenvalue weighted by atomic mass is 10.1. The van der Waals surface area contributed by atoms with Crippen LogP contribution in [0.25, 0.3) is 0 Å². The number of amides is 3. The molecule has 1 aliphatic heterocycles. The molecule has 0 aliphatic carbocycles. The highest BCUT2D eigenvalue weighted by molar-refractivity contribution is 6.04. The Bertz CT molecular complexity index is 682. The van der Waals surface area contributed by atoms with Crippen LogP contribution in [-0.4, -0.2) is 46.4 Å². The number of carbonyl (C=O) groups is 3. The molecule has 0 aromatic heterocycles. The van der Waals surface area contributed by atoms with E-state index in [-0.39, 0.29) is 18.4 Å². The first-order valence-corrected chi connectivity index (χ1v) is 8.49. The van der Waals surface area contributed by atoms with E-state index in [1.807, 2.05) is 45.0 Å². The first kappa shape index (κ1) is 19.0. The van der Waals surface area contributed by atoms with E-state index in [0.717, 1.165) is 16.0 Å². The molecule has 6 heteroatoms. The number of rotatable bonds is 6. The fourth-order valence-corrected chi connectivity index (χ4v) is 2.78. The van der Waals surface area contributed by atoms with Gasteiger partial charge < -0.3 is 9.64 Å². The quantitative estimate of drug-likeness (QED) is 0.794. The van der Waals surface area contributed by atoms with Gasteiger partial charge in [-0.1, -0.05) is 38.1 Å². The topological polar surface area (TPSA) is 66.9 Å². The number of aryl methyl sites for hydroxylation is 1. The summed E-state index contributed by atoms with van der Waals surface area (Å²) in [7, 11) is 0. The maximum Gasteiger partial charge on any atom is 0.418 e. The van der Waals surface area contributed by atoms with Crippen molar-refractivity contribution in [3.63, 3.8) is 0 Å². The molecule has 2 rings (SSSR count). The van der Waals surface area contributed by atoms with Gasteiger partial charge in [0.25, 0.3) is 5.91 Å². The SMILES string of the molecule is Cc1ccccc1CN(CC(C)C)C(=O)CN1C(=O)OC(C)(C)C1=O. The summed E-state index contributed by atoms with van der Waals surface area (Å²) >= 11 is 0. The highest BCUT2D eigenvalue weighted by Gasteiger charge is 2.48. The van der Waals surface area contributed by atoms with Crippen molar-refractivity contribution >= 4 is 17.9 Å². The van der Waals surface area contributed by atoms with Gasteiger partial charge in [0.05, 0.1) is 0 Å². The average molecular weight is 346 g/mol. The molecular weight excluding hydrogens is 320 g/mol. The van der Waals surface area contributed by atoms with E-state index in [1.165, 1.54) is 13.8 Å². The number of imide groups is 1. The lowest BCUT2D eigenvalue weighted by molar-refractivity contribution is -0.140. The van der Waals surface area contributed by atoms with E-state index in [4.69, 9.17) is 4.74 Å². The van der Waals surface area contributed by atoms with Crippen molar-refractivity contribution in [2.24, 2.45) is 5.92 Å². The maximum absolute atomic E-state index is 12.8. The number of benzene rings is 1. The summed E-state index contributed by atoms with van der Waals surface area (Å²) < 4.78 is 5.04. The zero-order chi connectivity index (χ0) is 18.8. The first-order valence-electron chi connectivity index (χ1n) is 8.49. The molecule has 1 aromatic carbocycles. The van der Waals surface area contributed by atoms with Gasteiger partial charge in [0, 0.05) is 13.1 Å². The van der Waals surface area contributed by atoms with E-state index in [1.54, 1.807) is 4.90 Å². The van der Waals surface area contributed by atoms with Gasteiger partial charge in [0.15, 0.2) is 5.60 Å². The Morgan fingerprint density at radius 1 is 1.24 bits per heavy atom. The minimum atomic E-state index is -1.21. The van der Waals surface area contributed by atoms with Crippen LogP contribution >= 0.6 is 0 Å². The second-order valence-electron chi connectivity index (χ2n) is 7.36. The van der Waals surface area contributed by atoms with Crippen LogP contribution < -0.4 is 0 Å². The van der Waals surface area contributed by atoms with Crippen LogP contribution in [0.15, 0.2) is 24.3 Å². The average Bonchev–Trinajstić information content (AvgIpc) is 2.70. The van der Waals surface area contributed by atoms with Gasteiger partial charge in [0.2, 0.25) is 5.91 Å². The molecule has 0 saturated carbocycles. The lowest BCUT2D eigenvalue weighted by Gasteiger charge is -2.27. The molecule has 0 N–H and O–H groups in total. The largest absolute Gasteiger partial charge is 0.433 e.